The molecule has 1 heterocycles. The summed E-state index contributed by atoms with van der Waals surface area (Å²) in [6, 6.07) is 3.70. The Kier molecular flexibility index (Phi) is 3.63. The van der Waals surface area contributed by atoms with E-state index in [0.717, 1.165) is 5.69 Å². The molecule has 4 heteroatoms. The second-order valence-electron chi connectivity index (χ2n) is 3.21. The van der Waals surface area contributed by atoms with Crippen molar-refractivity contribution in [3.8, 4) is 0 Å². The topological polar surface area (TPSA) is 39.2 Å². The molecule has 0 aliphatic rings. The van der Waals surface area contributed by atoms with Gasteiger partial charge < -0.3 is 4.74 Å². The van der Waals surface area contributed by atoms with Crippen molar-refractivity contribution in [2.45, 2.75) is 19.8 Å². The molecule has 0 amide bonds. The third kappa shape index (κ3) is 2.32. The molecule has 0 bridgehead atoms. The number of esters is 1. The largest absolute Gasteiger partial charge is 0.464 e. The summed E-state index contributed by atoms with van der Waals surface area (Å²) < 4.78 is 5.28. The third-order valence-corrected chi connectivity index (χ3v) is 2.48. The maximum atomic E-state index is 11.3. The lowest BCUT2D eigenvalue weighted by Gasteiger charge is -2.07. The van der Waals surface area contributed by atoms with E-state index in [1.807, 2.05) is 26.0 Å². The minimum Gasteiger partial charge on any atom is -0.464 e. The molecule has 1 rings (SSSR count). The fourth-order valence-electron chi connectivity index (χ4n) is 1.02. The smallest absolute Gasteiger partial charge is 0.357 e. The molecule has 0 radical (unpaired) electrons. The Morgan fingerprint density at radius 1 is 1.50 bits per heavy atom. The first-order valence-electron chi connectivity index (χ1n) is 4.31. The van der Waals surface area contributed by atoms with Gasteiger partial charge >= 0.3 is 5.97 Å². The van der Waals surface area contributed by atoms with Gasteiger partial charge in [-0.1, -0.05) is 13.8 Å². The van der Waals surface area contributed by atoms with Crippen molar-refractivity contribution < 1.29 is 9.53 Å². The number of aromatic nitrogens is 1. The number of rotatable bonds is 2. The Labute approximate surface area is 91.6 Å². The van der Waals surface area contributed by atoms with Crippen LogP contribution >= 0.6 is 15.9 Å². The van der Waals surface area contributed by atoms with Crippen LogP contribution in [0.5, 0.6) is 0 Å². The van der Waals surface area contributed by atoms with Crippen molar-refractivity contribution >= 4 is 21.9 Å². The first-order chi connectivity index (χ1) is 6.56. The van der Waals surface area contributed by atoms with E-state index < -0.39 is 5.97 Å². The molecular weight excluding hydrogens is 246 g/mol. The molecule has 0 spiro atoms. The summed E-state index contributed by atoms with van der Waals surface area (Å²) in [7, 11) is 1.35. The highest BCUT2D eigenvalue weighted by Crippen LogP contribution is 2.19. The molecule has 0 aliphatic heterocycles. The van der Waals surface area contributed by atoms with Gasteiger partial charge in [0, 0.05) is 5.69 Å². The molecule has 3 nitrogen and oxygen atoms in total. The van der Waals surface area contributed by atoms with Crippen LogP contribution in [0, 0.1) is 0 Å². The minimum absolute atomic E-state index is 0.298. The van der Waals surface area contributed by atoms with Gasteiger partial charge in [0.15, 0.2) is 5.69 Å². The van der Waals surface area contributed by atoms with Gasteiger partial charge in [0.05, 0.1) is 11.6 Å². The average molecular weight is 258 g/mol. The van der Waals surface area contributed by atoms with E-state index in [-0.39, 0.29) is 0 Å². The molecule has 76 valence electrons. The maximum Gasteiger partial charge on any atom is 0.357 e. The highest BCUT2D eigenvalue weighted by Gasteiger charge is 2.13. The van der Waals surface area contributed by atoms with Crippen LogP contribution in [0.4, 0.5) is 0 Å². The van der Waals surface area contributed by atoms with E-state index in [9.17, 15) is 4.79 Å². The summed E-state index contributed by atoms with van der Waals surface area (Å²) in [5, 5.41) is 0. The predicted molar refractivity (Wildman–Crippen MR) is 57.4 cm³/mol. The summed E-state index contributed by atoms with van der Waals surface area (Å²) in [6.07, 6.45) is 0. The molecule has 0 aromatic carbocycles. The molecule has 1 aromatic rings. The minimum atomic E-state index is -0.417. The number of methoxy groups -OCH3 is 1. The number of ether oxygens (including phenoxy) is 1. The zero-order valence-corrected chi connectivity index (χ0v) is 9.96. The molecule has 0 aliphatic carbocycles. The summed E-state index contributed by atoms with van der Waals surface area (Å²) in [4.78, 5) is 15.5. The fourth-order valence-corrected chi connectivity index (χ4v) is 1.40. The number of halogens is 1. The highest BCUT2D eigenvalue weighted by atomic mass is 79.9. The monoisotopic (exact) mass is 257 g/mol. The van der Waals surface area contributed by atoms with Crippen LogP contribution in [0.15, 0.2) is 16.6 Å². The number of hydrogen-bond acceptors (Lipinski definition) is 3. The first-order valence-corrected chi connectivity index (χ1v) is 5.10. The summed E-state index contributed by atoms with van der Waals surface area (Å²) in [5.41, 5.74) is 1.22. The Hall–Kier alpha value is -0.900. The Bertz CT molecular complexity index is 350. The van der Waals surface area contributed by atoms with E-state index in [4.69, 9.17) is 0 Å². The summed E-state index contributed by atoms with van der Waals surface area (Å²) in [5.74, 6) is -0.120. The van der Waals surface area contributed by atoms with Crippen LogP contribution in [0.2, 0.25) is 0 Å². The van der Waals surface area contributed by atoms with Crippen molar-refractivity contribution in [3.63, 3.8) is 0 Å². The molecule has 1 aromatic heterocycles. The number of carbonyl (C=O) groups excluding carboxylic acids is 1. The third-order valence-electron chi connectivity index (χ3n) is 1.84. The number of carbonyl (C=O) groups is 1. The molecule has 0 N–H and O–H groups in total. The van der Waals surface area contributed by atoms with E-state index in [1.165, 1.54) is 7.11 Å². The van der Waals surface area contributed by atoms with Crippen molar-refractivity contribution in [1.29, 1.82) is 0 Å². The number of pyridine rings is 1. The lowest BCUT2D eigenvalue weighted by molar-refractivity contribution is 0.0592. The summed E-state index contributed by atoms with van der Waals surface area (Å²) in [6.45, 7) is 4.05. The van der Waals surface area contributed by atoms with Crippen molar-refractivity contribution in [3.05, 3.63) is 28.0 Å². The number of nitrogens with zero attached hydrogens (tertiary/aromatic N) is 1. The maximum absolute atomic E-state index is 11.3. The first kappa shape index (κ1) is 11.2. The number of hydrogen-bond donors (Lipinski definition) is 0. The van der Waals surface area contributed by atoms with Crippen LogP contribution < -0.4 is 0 Å². The predicted octanol–water partition coefficient (Wildman–Crippen LogP) is 2.75. The van der Waals surface area contributed by atoms with Crippen LogP contribution in [-0.4, -0.2) is 18.1 Å². The average Bonchev–Trinajstić information content (AvgIpc) is 2.17. The van der Waals surface area contributed by atoms with Crippen molar-refractivity contribution in [2.75, 3.05) is 7.11 Å². The van der Waals surface area contributed by atoms with Gasteiger partial charge in [-0.3, -0.25) is 0 Å². The van der Waals surface area contributed by atoms with Gasteiger partial charge in [0.2, 0.25) is 0 Å². The lowest BCUT2D eigenvalue weighted by Crippen LogP contribution is -2.07. The van der Waals surface area contributed by atoms with E-state index in [0.29, 0.717) is 16.1 Å². The molecule has 14 heavy (non-hydrogen) atoms. The Balaban J connectivity index is 3.15. The molecule has 0 fully saturated rings. The standard InChI is InChI=1S/C10H12BrNO2/c1-6(2)8-5-4-7(11)9(12-8)10(13)14-3/h4-6H,1-3H3. The second kappa shape index (κ2) is 4.55. The van der Waals surface area contributed by atoms with Crippen LogP contribution in [0.3, 0.4) is 0 Å². The lowest BCUT2D eigenvalue weighted by atomic mass is 10.1. The van der Waals surface area contributed by atoms with Crippen LogP contribution in [0.25, 0.3) is 0 Å². The molecule has 0 atom stereocenters. The highest BCUT2D eigenvalue weighted by molar-refractivity contribution is 9.10. The van der Waals surface area contributed by atoms with Crippen molar-refractivity contribution in [1.82, 2.24) is 4.98 Å². The fraction of sp³-hybridized carbons (Fsp3) is 0.400. The molecule has 0 saturated carbocycles. The molecule has 0 saturated heterocycles. The Morgan fingerprint density at radius 2 is 2.14 bits per heavy atom. The summed E-state index contributed by atoms with van der Waals surface area (Å²) >= 11 is 3.26. The van der Waals surface area contributed by atoms with Crippen molar-refractivity contribution in [2.24, 2.45) is 0 Å². The van der Waals surface area contributed by atoms with Gasteiger partial charge in [-0.2, -0.15) is 0 Å². The van der Waals surface area contributed by atoms with E-state index >= 15 is 0 Å². The molecular formula is C10H12BrNO2. The van der Waals surface area contributed by atoms with Gasteiger partial charge in [-0.25, -0.2) is 9.78 Å². The zero-order chi connectivity index (χ0) is 10.7. The SMILES string of the molecule is COC(=O)c1nc(C(C)C)ccc1Br. The van der Waals surface area contributed by atoms with Gasteiger partial charge in [-0.15, -0.1) is 0 Å². The van der Waals surface area contributed by atoms with Gasteiger partial charge in [0.1, 0.15) is 0 Å². The Morgan fingerprint density at radius 3 is 2.64 bits per heavy atom. The quantitative estimate of drug-likeness (QED) is 0.765. The normalized spacial score (nSPS) is 10.4. The molecule has 0 unspecified atom stereocenters. The van der Waals surface area contributed by atoms with Gasteiger partial charge in [0.25, 0.3) is 0 Å². The van der Waals surface area contributed by atoms with E-state index in [1.54, 1.807) is 0 Å². The van der Waals surface area contributed by atoms with Crippen LogP contribution in [0.1, 0.15) is 35.9 Å². The van der Waals surface area contributed by atoms with Crippen LogP contribution in [-0.2, 0) is 4.74 Å². The van der Waals surface area contributed by atoms with Gasteiger partial charge in [-0.05, 0) is 34.0 Å². The second-order valence-corrected chi connectivity index (χ2v) is 4.07. The van der Waals surface area contributed by atoms with E-state index in [2.05, 4.69) is 25.7 Å². The zero-order valence-electron chi connectivity index (χ0n) is 8.37.